The average molecular weight is 719 g/mol. The van der Waals surface area contributed by atoms with Crippen molar-refractivity contribution in [2.75, 3.05) is 12.5 Å². The van der Waals surface area contributed by atoms with Crippen LogP contribution in [0.4, 0.5) is 0 Å². The Morgan fingerprint density at radius 3 is 1.35 bits per heavy atom. The molecule has 55 heavy (non-hydrogen) atoms. The van der Waals surface area contributed by atoms with Crippen molar-refractivity contribution in [2.24, 2.45) is 0 Å². The van der Waals surface area contributed by atoms with Gasteiger partial charge in [-0.15, -0.1) is 0 Å². The highest BCUT2D eigenvalue weighted by Gasteiger charge is 2.34. The first-order valence-electron chi connectivity index (χ1n) is 19.1. The van der Waals surface area contributed by atoms with E-state index in [0.29, 0.717) is 0 Å². The molecular formula is C54H38S. The molecule has 0 atom stereocenters. The minimum Gasteiger partial charge on any atom is -0.192 e. The lowest BCUT2D eigenvalue weighted by Gasteiger charge is -2.29. The second kappa shape index (κ2) is 12.3. The lowest BCUT2D eigenvalue weighted by atomic mass is 9.83. The van der Waals surface area contributed by atoms with E-state index >= 15 is 0 Å². The largest absolute Gasteiger partial charge is 0.192 e. The van der Waals surface area contributed by atoms with Crippen molar-refractivity contribution < 1.29 is 0 Å². The van der Waals surface area contributed by atoms with Gasteiger partial charge in [0, 0.05) is 9.79 Å². The fourth-order valence-electron chi connectivity index (χ4n) is 9.10. The molecule has 0 nitrogen and oxygen atoms in total. The summed E-state index contributed by atoms with van der Waals surface area (Å²) in [7, 11) is -1.33. The molecule has 0 N–H and O–H groups in total. The Morgan fingerprint density at radius 2 is 0.727 bits per heavy atom. The minimum atomic E-state index is -1.33. The Kier molecular flexibility index (Phi) is 7.18. The van der Waals surface area contributed by atoms with E-state index < -0.39 is 10.0 Å². The second-order valence-corrected chi connectivity index (χ2v) is 18.8. The first-order valence-corrected chi connectivity index (χ1v) is 21.5. The Hall–Kier alpha value is -6.41. The Bertz CT molecular complexity index is 3150. The van der Waals surface area contributed by atoms with Gasteiger partial charge < -0.3 is 0 Å². The summed E-state index contributed by atoms with van der Waals surface area (Å²) in [6.07, 6.45) is 4.99. The molecule has 1 heterocycles. The predicted molar refractivity (Wildman–Crippen MR) is 240 cm³/mol. The fourth-order valence-corrected chi connectivity index (χ4v) is 11.6. The lowest BCUT2D eigenvalue weighted by molar-refractivity contribution is 1.45. The molecule has 0 saturated carbocycles. The van der Waals surface area contributed by atoms with E-state index in [9.17, 15) is 0 Å². The molecule has 0 radical (unpaired) electrons. The van der Waals surface area contributed by atoms with Gasteiger partial charge in [0.1, 0.15) is 0 Å². The topological polar surface area (TPSA) is 0 Å². The number of rotatable bonds is 4. The molecule has 0 amide bonds. The molecular weight excluding hydrogens is 681 g/mol. The Labute approximate surface area is 323 Å². The Morgan fingerprint density at radius 1 is 0.273 bits per heavy atom. The van der Waals surface area contributed by atoms with Crippen LogP contribution in [0.15, 0.2) is 204 Å². The Balaban J connectivity index is 1.28. The standard InChI is InChI=1S/C54H38S/c1-55(2)51-32-42(36-15-7-4-8-16-36)25-27-45(51)47-33-49-50(34-52(47)55)54(44-24-22-38-18-10-12-20-40(38)30-44)48-31-41(35-13-5-3-6-14-35)26-28-46(48)53(49)43-23-21-37-17-9-11-19-39(37)29-43/h3-34H,1-2H3. The van der Waals surface area contributed by atoms with Crippen LogP contribution in [0.2, 0.25) is 0 Å². The summed E-state index contributed by atoms with van der Waals surface area (Å²) in [5, 5.41) is 10.2. The van der Waals surface area contributed by atoms with Gasteiger partial charge >= 0.3 is 0 Å². The van der Waals surface area contributed by atoms with Crippen LogP contribution in [-0.2, 0) is 0 Å². The van der Waals surface area contributed by atoms with Gasteiger partial charge in [-0.2, -0.15) is 10.0 Å². The molecule has 10 aromatic rings. The fraction of sp³-hybridized carbons (Fsp3) is 0.0370. The van der Waals surface area contributed by atoms with Crippen molar-refractivity contribution in [2.45, 2.75) is 9.79 Å². The lowest BCUT2D eigenvalue weighted by Crippen LogP contribution is -1.96. The summed E-state index contributed by atoms with van der Waals surface area (Å²) >= 11 is 0. The molecule has 260 valence electrons. The van der Waals surface area contributed by atoms with Crippen molar-refractivity contribution in [3.8, 4) is 55.6 Å². The third kappa shape index (κ3) is 5.08. The summed E-state index contributed by atoms with van der Waals surface area (Å²) in [5.41, 5.74) is 12.8. The molecule has 0 spiro atoms. The molecule has 10 aromatic carbocycles. The molecule has 1 heteroatoms. The van der Waals surface area contributed by atoms with Crippen LogP contribution in [0.1, 0.15) is 0 Å². The van der Waals surface area contributed by atoms with Crippen LogP contribution in [-0.4, -0.2) is 12.5 Å². The van der Waals surface area contributed by atoms with Gasteiger partial charge in [-0.05, 0) is 148 Å². The minimum absolute atomic E-state index is 1.23. The highest BCUT2D eigenvalue weighted by molar-refractivity contribution is 8.33. The van der Waals surface area contributed by atoms with Crippen molar-refractivity contribution in [1.82, 2.24) is 0 Å². The van der Waals surface area contributed by atoms with Crippen LogP contribution >= 0.6 is 10.0 Å². The summed E-state index contributed by atoms with van der Waals surface area (Å²) in [6, 6.07) is 72.6. The SMILES string of the molecule is CS1(C)c2cc(-c3ccccc3)ccc2-c2cc3c(-c4ccc5ccccc5c4)c4ccc(-c5ccccc5)cc4c(-c4ccc5ccccc5c4)c3cc21. The van der Waals surface area contributed by atoms with Gasteiger partial charge in [0.2, 0.25) is 0 Å². The molecule has 11 rings (SSSR count). The second-order valence-electron chi connectivity index (χ2n) is 15.3. The molecule has 0 saturated heterocycles. The summed E-state index contributed by atoms with van der Waals surface area (Å²) < 4.78 is 0. The maximum atomic E-state index is 2.59. The van der Waals surface area contributed by atoms with Crippen LogP contribution in [0.25, 0.3) is 98.7 Å². The zero-order valence-electron chi connectivity index (χ0n) is 30.9. The molecule has 1 aliphatic heterocycles. The summed E-state index contributed by atoms with van der Waals surface area (Å²) in [6.45, 7) is 0. The highest BCUT2D eigenvalue weighted by Crippen LogP contribution is 2.68. The van der Waals surface area contributed by atoms with E-state index in [2.05, 4.69) is 207 Å². The van der Waals surface area contributed by atoms with Crippen LogP contribution in [0.5, 0.6) is 0 Å². The van der Waals surface area contributed by atoms with Crippen molar-refractivity contribution in [3.63, 3.8) is 0 Å². The van der Waals surface area contributed by atoms with Gasteiger partial charge in [-0.3, -0.25) is 0 Å². The van der Waals surface area contributed by atoms with Gasteiger partial charge in [0.25, 0.3) is 0 Å². The zero-order valence-corrected chi connectivity index (χ0v) is 31.7. The van der Waals surface area contributed by atoms with Gasteiger partial charge in [-0.25, -0.2) is 0 Å². The van der Waals surface area contributed by atoms with Gasteiger partial charge in [0.05, 0.1) is 0 Å². The van der Waals surface area contributed by atoms with Crippen LogP contribution < -0.4 is 0 Å². The van der Waals surface area contributed by atoms with Crippen molar-refractivity contribution >= 4 is 53.1 Å². The van der Waals surface area contributed by atoms with Crippen molar-refractivity contribution in [1.29, 1.82) is 0 Å². The first kappa shape index (κ1) is 32.1. The highest BCUT2D eigenvalue weighted by atomic mass is 32.3. The van der Waals surface area contributed by atoms with Crippen molar-refractivity contribution in [3.05, 3.63) is 194 Å². The number of benzene rings is 10. The normalized spacial score (nSPS) is 13.6. The summed E-state index contributed by atoms with van der Waals surface area (Å²) in [5.74, 6) is 0. The number of hydrogen-bond donors (Lipinski definition) is 0. The quantitative estimate of drug-likeness (QED) is 0.159. The van der Waals surface area contributed by atoms with E-state index in [0.717, 1.165) is 0 Å². The summed E-state index contributed by atoms with van der Waals surface area (Å²) in [4.78, 5) is 2.93. The number of fused-ring (bicyclic) bond motifs is 7. The zero-order chi connectivity index (χ0) is 36.7. The van der Waals surface area contributed by atoms with E-state index in [1.165, 1.54) is 109 Å². The van der Waals surface area contributed by atoms with E-state index in [4.69, 9.17) is 0 Å². The van der Waals surface area contributed by atoms with E-state index in [-0.39, 0.29) is 0 Å². The molecule has 0 bridgehead atoms. The van der Waals surface area contributed by atoms with Crippen LogP contribution in [0, 0.1) is 0 Å². The van der Waals surface area contributed by atoms with Gasteiger partial charge in [0.15, 0.2) is 0 Å². The first-order chi connectivity index (χ1) is 27.0. The van der Waals surface area contributed by atoms with E-state index in [1.807, 2.05) is 0 Å². The maximum Gasteiger partial charge on any atom is 0.00220 e. The average Bonchev–Trinajstić information content (AvgIpc) is 3.46. The molecule has 0 fully saturated rings. The molecule has 1 aliphatic rings. The third-order valence-electron chi connectivity index (χ3n) is 11.9. The van der Waals surface area contributed by atoms with E-state index in [1.54, 1.807) is 0 Å². The third-order valence-corrected chi connectivity index (χ3v) is 14.8. The smallest absolute Gasteiger partial charge is 0.00220 e. The molecule has 0 aromatic heterocycles. The van der Waals surface area contributed by atoms with Crippen LogP contribution in [0.3, 0.4) is 0 Å². The maximum absolute atomic E-state index is 2.59. The molecule has 0 unspecified atom stereocenters. The monoisotopic (exact) mass is 718 g/mol. The number of hydrogen-bond acceptors (Lipinski definition) is 0. The molecule has 0 aliphatic carbocycles. The van der Waals surface area contributed by atoms with Gasteiger partial charge in [-0.1, -0.05) is 158 Å². The predicted octanol–water partition coefficient (Wildman–Crippen LogP) is 15.4.